The van der Waals surface area contributed by atoms with Crippen LogP contribution in [0.4, 0.5) is 5.13 Å². The Labute approximate surface area is 117 Å². The van der Waals surface area contributed by atoms with Gasteiger partial charge in [0.25, 0.3) is 0 Å². The second-order valence-corrected chi connectivity index (χ2v) is 5.68. The summed E-state index contributed by atoms with van der Waals surface area (Å²) < 4.78 is 1.14. The van der Waals surface area contributed by atoms with Gasteiger partial charge >= 0.3 is 0 Å². The zero-order chi connectivity index (χ0) is 13.8. The van der Waals surface area contributed by atoms with E-state index in [2.05, 4.69) is 28.6 Å². The van der Waals surface area contributed by atoms with Crippen LogP contribution in [0, 0.1) is 6.92 Å². The van der Waals surface area contributed by atoms with Gasteiger partial charge in [-0.15, -0.1) is 0 Å². The Morgan fingerprint density at radius 3 is 3.00 bits per heavy atom. The van der Waals surface area contributed by atoms with Gasteiger partial charge in [-0.25, -0.2) is 4.98 Å². The third-order valence-corrected chi connectivity index (χ3v) is 3.78. The van der Waals surface area contributed by atoms with Crippen LogP contribution < -0.4 is 10.6 Å². The summed E-state index contributed by atoms with van der Waals surface area (Å²) in [7, 11) is 0. The average Bonchev–Trinajstić information content (AvgIpc) is 2.77. The van der Waals surface area contributed by atoms with Gasteiger partial charge in [-0.05, 0) is 38.0 Å². The van der Waals surface area contributed by atoms with E-state index in [4.69, 9.17) is 0 Å². The minimum atomic E-state index is -0.270. The van der Waals surface area contributed by atoms with Gasteiger partial charge in [-0.2, -0.15) is 0 Å². The summed E-state index contributed by atoms with van der Waals surface area (Å²) in [4.78, 5) is 16.3. The number of amides is 1. The zero-order valence-corrected chi connectivity index (χ0v) is 12.3. The number of aryl methyl sites for hydroxylation is 1. The number of benzene rings is 1. The molecule has 1 aromatic heterocycles. The predicted octanol–water partition coefficient (Wildman–Crippen LogP) is 2.93. The van der Waals surface area contributed by atoms with Gasteiger partial charge in [-0.1, -0.05) is 24.3 Å². The molecule has 1 unspecified atom stereocenters. The van der Waals surface area contributed by atoms with Crippen LogP contribution in [0.2, 0.25) is 0 Å². The molecule has 0 saturated heterocycles. The summed E-state index contributed by atoms with van der Waals surface area (Å²) in [5.74, 6) is 0.0114. The number of fused-ring (bicyclic) bond motifs is 1. The van der Waals surface area contributed by atoms with Gasteiger partial charge in [0.1, 0.15) is 6.04 Å². The highest BCUT2D eigenvalue weighted by atomic mass is 32.1. The second-order valence-electron chi connectivity index (χ2n) is 4.65. The normalized spacial score (nSPS) is 12.4. The number of hydrogen-bond acceptors (Lipinski definition) is 4. The molecule has 102 valence electrons. The predicted molar refractivity (Wildman–Crippen MR) is 80.7 cm³/mol. The smallest absolute Gasteiger partial charge is 0.242 e. The third-order valence-electron chi connectivity index (χ3n) is 2.83. The van der Waals surface area contributed by atoms with E-state index in [1.807, 2.05) is 26.0 Å². The summed E-state index contributed by atoms with van der Waals surface area (Å²) in [6, 6.07) is 5.89. The summed E-state index contributed by atoms with van der Waals surface area (Å²) >= 11 is 1.58. The fourth-order valence-electron chi connectivity index (χ4n) is 1.75. The lowest BCUT2D eigenvalue weighted by atomic mass is 10.2. The Hall–Kier alpha value is -1.62. The maximum Gasteiger partial charge on any atom is 0.242 e. The average molecular weight is 277 g/mol. The summed E-state index contributed by atoms with van der Waals surface area (Å²) in [6.45, 7) is 6.66. The molecular formula is C14H19N3OS. The van der Waals surface area contributed by atoms with Crippen LogP contribution in [0.25, 0.3) is 10.2 Å². The highest BCUT2D eigenvalue weighted by Gasteiger charge is 2.13. The number of carbonyl (C=O) groups is 1. The fourth-order valence-corrected chi connectivity index (χ4v) is 2.80. The van der Waals surface area contributed by atoms with Gasteiger partial charge in [-0.3, -0.25) is 4.79 Å². The maximum atomic E-state index is 11.8. The van der Waals surface area contributed by atoms with E-state index < -0.39 is 0 Å². The van der Waals surface area contributed by atoms with Crippen LogP contribution in [0.3, 0.4) is 0 Å². The molecule has 0 aliphatic rings. The van der Waals surface area contributed by atoms with Crippen molar-refractivity contribution in [2.45, 2.75) is 33.2 Å². The van der Waals surface area contributed by atoms with E-state index in [1.54, 1.807) is 11.3 Å². The lowest BCUT2D eigenvalue weighted by Crippen LogP contribution is -2.37. The topological polar surface area (TPSA) is 54.0 Å². The fraction of sp³-hybridized carbons (Fsp3) is 0.429. The minimum Gasteiger partial charge on any atom is -0.354 e. The molecule has 19 heavy (non-hydrogen) atoms. The Kier molecular flexibility index (Phi) is 4.37. The number of rotatable bonds is 5. The standard InChI is InChI=1S/C14H19N3OS/c1-4-7-15-13(18)10(3)16-14-17-11-6-5-9(2)8-12(11)19-14/h5-6,8,10H,4,7H2,1-3H3,(H,15,18)(H,16,17). The molecule has 2 N–H and O–H groups in total. The molecule has 0 aliphatic heterocycles. The molecular weight excluding hydrogens is 258 g/mol. The zero-order valence-electron chi connectivity index (χ0n) is 11.5. The van der Waals surface area contributed by atoms with Crippen molar-refractivity contribution in [3.63, 3.8) is 0 Å². The molecule has 0 radical (unpaired) electrons. The lowest BCUT2D eigenvalue weighted by Gasteiger charge is -2.12. The third kappa shape index (κ3) is 3.44. The van der Waals surface area contributed by atoms with Crippen molar-refractivity contribution in [1.82, 2.24) is 10.3 Å². The Morgan fingerprint density at radius 2 is 2.26 bits per heavy atom. The molecule has 2 rings (SSSR count). The van der Waals surface area contributed by atoms with E-state index in [0.717, 1.165) is 21.8 Å². The molecule has 0 aliphatic carbocycles. The number of anilines is 1. The summed E-state index contributed by atoms with van der Waals surface area (Å²) in [5, 5.41) is 6.82. The number of nitrogens with zero attached hydrogens (tertiary/aromatic N) is 1. The number of carbonyl (C=O) groups excluding carboxylic acids is 1. The highest BCUT2D eigenvalue weighted by molar-refractivity contribution is 7.22. The highest BCUT2D eigenvalue weighted by Crippen LogP contribution is 2.26. The van der Waals surface area contributed by atoms with E-state index >= 15 is 0 Å². The maximum absolute atomic E-state index is 11.8. The van der Waals surface area contributed by atoms with Crippen LogP contribution >= 0.6 is 11.3 Å². The van der Waals surface area contributed by atoms with E-state index in [1.165, 1.54) is 5.56 Å². The van der Waals surface area contributed by atoms with Crippen molar-refractivity contribution < 1.29 is 4.79 Å². The quantitative estimate of drug-likeness (QED) is 0.883. The van der Waals surface area contributed by atoms with Gasteiger partial charge < -0.3 is 10.6 Å². The number of nitrogens with one attached hydrogen (secondary N) is 2. The van der Waals surface area contributed by atoms with Crippen molar-refractivity contribution in [2.75, 3.05) is 11.9 Å². The molecule has 1 aromatic carbocycles. The summed E-state index contributed by atoms with van der Waals surface area (Å²) in [5.41, 5.74) is 2.19. The molecule has 1 amide bonds. The number of thiazole rings is 1. The monoisotopic (exact) mass is 277 g/mol. The molecule has 0 fully saturated rings. The van der Waals surface area contributed by atoms with E-state index in [9.17, 15) is 4.79 Å². The van der Waals surface area contributed by atoms with Crippen molar-refractivity contribution in [1.29, 1.82) is 0 Å². The molecule has 5 heteroatoms. The summed E-state index contributed by atoms with van der Waals surface area (Å²) in [6.07, 6.45) is 0.943. The second kappa shape index (κ2) is 6.02. The molecule has 1 atom stereocenters. The van der Waals surface area contributed by atoms with Crippen molar-refractivity contribution in [2.24, 2.45) is 0 Å². The first kappa shape index (κ1) is 13.8. The first-order chi connectivity index (χ1) is 9.10. The van der Waals surface area contributed by atoms with Gasteiger partial charge in [0.15, 0.2) is 5.13 Å². The molecule has 1 heterocycles. The van der Waals surface area contributed by atoms with Crippen LogP contribution in [0.1, 0.15) is 25.8 Å². The van der Waals surface area contributed by atoms with Gasteiger partial charge in [0.2, 0.25) is 5.91 Å². The SMILES string of the molecule is CCCNC(=O)C(C)Nc1nc2ccc(C)cc2s1. The van der Waals surface area contributed by atoms with Crippen LogP contribution in [0.15, 0.2) is 18.2 Å². The molecule has 0 bridgehead atoms. The van der Waals surface area contributed by atoms with Crippen LogP contribution in [-0.4, -0.2) is 23.5 Å². The molecule has 4 nitrogen and oxygen atoms in total. The first-order valence-electron chi connectivity index (χ1n) is 6.51. The number of aromatic nitrogens is 1. The van der Waals surface area contributed by atoms with Crippen LogP contribution in [-0.2, 0) is 4.79 Å². The van der Waals surface area contributed by atoms with Crippen LogP contribution in [0.5, 0.6) is 0 Å². The van der Waals surface area contributed by atoms with Crippen molar-refractivity contribution in [3.05, 3.63) is 23.8 Å². The molecule has 0 spiro atoms. The van der Waals surface area contributed by atoms with Gasteiger partial charge in [0.05, 0.1) is 10.2 Å². The van der Waals surface area contributed by atoms with E-state index in [-0.39, 0.29) is 11.9 Å². The Balaban J connectivity index is 2.06. The minimum absolute atomic E-state index is 0.0114. The van der Waals surface area contributed by atoms with E-state index in [0.29, 0.717) is 6.54 Å². The van der Waals surface area contributed by atoms with Crippen molar-refractivity contribution >= 4 is 32.6 Å². The molecule has 0 saturated carbocycles. The Morgan fingerprint density at radius 1 is 1.47 bits per heavy atom. The molecule has 2 aromatic rings. The van der Waals surface area contributed by atoms with Crippen molar-refractivity contribution in [3.8, 4) is 0 Å². The van der Waals surface area contributed by atoms with Gasteiger partial charge in [0, 0.05) is 6.54 Å². The number of hydrogen-bond donors (Lipinski definition) is 2. The lowest BCUT2D eigenvalue weighted by molar-refractivity contribution is -0.121. The first-order valence-corrected chi connectivity index (χ1v) is 7.33. The largest absolute Gasteiger partial charge is 0.354 e. The Bertz CT molecular complexity index is 579.